The molecular formula is C22H20FN5. The molecular weight excluding hydrogens is 353 g/mol. The molecule has 3 heterocycles. The standard InChI is InChI=1S/C22H20FN5/c1-3-4-6-15(10-24)14(2)9-17-19(11-25)28-22-21(17)20(18(23)13-27-22)16-7-5-8-26-12-16/h3-13H,1-2,24-25H2,(H,27,28)/b6-4-,15-10+,17-9+,19-11+. The summed E-state index contributed by atoms with van der Waals surface area (Å²) in [5.41, 5.74) is 14.4. The van der Waals surface area contributed by atoms with Gasteiger partial charge in [0.1, 0.15) is 11.5 Å². The fourth-order valence-corrected chi connectivity index (χ4v) is 2.95. The average molecular weight is 373 g/mol. The van der Waals surface area contributed by atoms with E-state index in [0.717, 1.165) is 0 Å². The number of H-pyrrole nitrogens is 1. The molecule has 140 valence electrons. The molecule has 0 unspecified atom stereocenters. The van der Waals surface area contributed by atoms with Crippen LogP contribution < -0.4 is 22.0 Å². The monoisotopic (exact) mass is 373 g/mol. The number of nitrogens with one attached hydrogen (secondary N) is 1. The Balaban J connectivity index is 2.37. The number of fused-ring (bicyclic) bond motifs is 1. The SMILES string of the molecule is C=C/C=C\C(=C/N)C(=C)/C=c1\c(=C/N)[nH]c2ncc(F)c(-c3cccnc3)c12. The van der Waals surface area contributed by atoms with Crippen LogP contribution in [-0.4, -0.2) is 15.0 Å². The van der Waals surface area contributed by atoms with E-state index in [0.29, 0.717) is 43.9 Å². The number of allylic oxidation sites excluding steroid dienone is 5. The third-order valence-electron chi connectivity index (χ3n) is 4.24. The summed E-state index contributed by atoms with van der Waals surface area (Å²) in [5.74, 6) is -0.454. The van der Waals surface area contributed by atoms with Crippen molar-refractivity contribution in [1.29, 1.82) is 0 Å². The van der Waals surface area contributed by atoms with Gasteiger partial charge < -0.3 is 16.5 Å². The fraction of sp³-hybridized carbons (Fsp3) is 0. The van der Waals surface area contributed by atoms with E-state index in [-0.39, 0.29) is 0 Å². The maximum Gasteiger partial charge on any atom is 0.150 e. The first kappa shape index (κ1) is 18.8. The van der Waals surface area contributed by atoms with Crippen LogP contribution >= 0.6 is 0 Å². The minimum atomic E-state index is -0.454. The lowest BCUT2D eigenvalue weighted by Crippen LogP contribution is -2.25. The molecule has 0 aromatic carbocycles. The highest BCUT2D eigenvalue weighted by Crippen LogP contribution is 2.26. The zero-order chi connectivity index (χ0) is 20.1. The van der Waals surface area contributed by atoms with Crippen LogP contribution in [0.5, 0.6) is 0 Å². The van der Waals surface area contributed by atoms with Crippen molar-refractivity contribution in [2.75, 3.05) is 0 Å². The largest absolute Gasteiger partial charge is 0.404 e. The van der Waals surface area contributed by atoms with Gasteiger partial charge in [0.15, 0.2) is 0 Å². The second-order valence-electron chi connectivity index (χ2n) is 5.95. The maximum atomic E-state index is 14.8. The number of pyridine rings is 2. The van der Waals surface area contributed by atoms with E-state index in [9.17, 15) is 4.39 Å². The van der Waals surface area contributed by atoms with Gasteiger partial charge in [0.2, 0.25) is 0 Å². The number of aromatic amines is 1. The van der Waals surface area contributed by atoms with Crippen molar-refractivity contribution in [1.82, 2.24) is 15.0 Å². The summed E-state index contributed by atoms with van der Waals surface area (Å²) in [6.07, 6.45) is 14.3. The Morgan fingerprint density at radius 1 is 1.25 bits per heavy atom. The van der Waals surface area contributed by atoms with Gasteiger partial charge in [-0.05, 0) is 23.3 Å². The lowest BCUT2D eigenvalue weighted by Gasteiger charge is -2.05. The van der Waals surface area contributed by atoms with Crippen molar-refractivity contribution in [2.45, 2.75) is 0 Å². The number of hydrogen-bond acceptors (Lipinski definition) is 4. The van der Waals surface area contributed by atoms with Crippen LogP contribution in [0, 0.1) is 5.82 Å². The molecule has 5 nitrogen and oxygen atoms in total. The fourth-order valence-electron chi connectivity index (χ4n) is 2.95. The molecule has 3 aromatic rings. The van der Waals surface area contributed by atoms with Crippen molar-refractivity contribution in [2.24, 2.45) is 11.5 Å². The molecule has 3 rings (SSSR count). The Bertz CT molecular complexity index is 1220. The summed E-state index contributed by atoms with van der Waals surface area (Å²) in [6, 6.07) is 3.54. The molecule has 0 saturated carbocycles. The summed E-state index contributed by atoms with van der Waals surface area (Å²) in [5, 5.41) is 1.86. The highest BCUT2D eigenvalue weighted by Gasteiger charge is 2.15. The minimum absolute atomic E-state index is 0.390. The van der Waals surface area contributed by atoms with Gasteiger partial charge >= 0.3 is 0 Å². The molecule has 0 spiro atoms. The van der Waals surface area contributed by atoms with E-state index in [1.54, 1.807) is 48.8 Å². The second kappa shape index (κ2) is 8.18. The van der Waals surface area contributed by atoms with Gasteiger partial charge in [-0.15, -0.1) is 0 Å². The van der Waals surface area contributed by atoms with E-state index in [1.807, 2.05) is 0 Å². The van der Waals surface area contributed by atoms with Crippen molar-refractivity contribution >= 4 is 23.3 Å². The summed E-state index contributed by atoms with van der Waals surface area (Å²) < 4.78 is 14.8. The molecule has 28 heavy (non-hydrogen) atoms. The highest BCUT2D eigenvalue weighted by molar-refractivity contribution is 5.94. The van der Waals surface area contributed by atoms with Crippen LogP contribution in [0.25, 0.3) is 34.4 Å². The van der Waals surface area contributed by atoms with Crippen LogP contribution in [0.4, 0.5) is 4.39 Å². The molecule has 5 N–H and O–H groups in total. The zero-order valence-electron chi connectivity index (χ0n) is 15.2. The lowest BCUT2D eigenvalue weighted by atomic mass is 10.0. The molecule has 6 heteroatoms. The number of nitrogens with zero attached hydrogens (tertiary/aromatic N) is 2. The molecule has 0 radical (unpaired) electrons. The predicted molar refractivity (Wildman–Crippen MR) is 112 cm³/mol. The smallest absolute Gasteiger partial charge is 0.150 e. The Morgan fingerprint density at radius 2 is 2.07 bits per heavy atom. The molecule has 0 amide bonds. The Hall–Kier alpha value is -3.93. The predicted octanol–water partition coefficient (Wildman–Crippen LogP) is 2.38. The van der Waals surface area contributed by atoms with Crippen LogP contribution in [-0.2, 0) is 0 Å². The van der Waals surface area contributed by atoms with Gasteiger partial charge in [-0.3, -0.25) is 4.98 Å². The van der Waals surface area contributed by atoms with E-state index < -0.39 is 5.82 Å². The summed E-state index contributed by atoms with van der Waals surface area (Å²) in [7, 11) is 0. The van der Waals surface area contributed by atoms with E-state index in [2.05, 4.69) is 28.1 Å². The van der Waals surface area contributed by atoms with Gasteiger partial charge in [-0.2, -0.15) is 0 Å². The Kier molecular flexibility index (Phi) is 5.50. The van der Waals surface area contributed by atoms with E-state index >= 15 is 0 Å². The first-order chi connectivity index (χ1) is 13.6. The van der Waals surface area contributed by atoms with Gasteiger partial charge in [-0.25, -0.2) is 9.37 Å². The summed E-state index contributed by atoms with van der Waals surface area (Å²) in [4.78, 5) is 11.4. The van der Waals surface area contributed by atoms with Crippen molar-refractivity contribution in [3.63, 3.8) is 0 Å². The topological polar surface area (TPSA) is 93.6 Å². The van der Waals surface area contributed by atoms with Crippen molar-refractivity contribution in [3.8, 4) is 11.1 Å². The summed E-state index contributed by atoms with van der Waals surface area (Å²) in [6.45, 7) is 7.72. The number of halogens is 1. The first-order valence-corrected chi connectivity index (χ1v) is 8.51. The van der Waals surface area contributed by atoms with Crippen molar-refractivity contribution in [3.05, 3.63) is 95.8 Å². The number of hydrogen-bond donors (Lipinski definition) is 3. The van der Waals surface area contributed by atoms with Gasteiger partial charge in [-0.1, -0.05) is 37.5 Å². The Morgan fingerprint density at radius 3 is 2.71 bits per heavy atom. The molecule has 0 aliphatic rings. The average Bonchev–Trinajstić information content (AvgIpc) is 3.06. The molecule has 0 saturated heterocycles. The number of aromatic nitrogens is 3. The minimum Gasteiger partial charge on any atom is -0.404 e. The molecule has 3 aromatic heterocycles. The lowest BCUT2D eigenvalue weighted by molar-refractivity contribution is 0.627. The normalized spacial score (nSPS) is 13.5. The quantitative estimate of drug-likeness (QED) is 0.599. The Labute approximate surface area is 161 Å². The molecule has 0 bridgehead atoms. The van der Waals surface area contributed by atoms with E-state index in [1.165, 1.54) is 18.6 Å². The van der Waals surface area contributed by atoms with Gasteiger partial charge in [0.25, 0.3) is 0 Å². The third-order valence-corrected chi connectivity index (χ3v) is 4.24. The summed E-state index contributed by atoms with van der Waals surface area (Å²) >= 11 is 0. The van der Waals surface area contributed by atoms with Crippen LogP contribution in [0.2, 0.25) is 0 Å². The van der Waals surface area contributed by atoms with Gasteiger partial charge in [0.05, 0.1) is 11.5 Å². The van der Waals surface area contributed by atoms with Crippen LogP contribution in [0.3, 0.4) is 0 Å². The first-order valence-electron chi connectivity index (χ1n) is 8.51. The third kappa shape index (κ3) is 3.48. The van der Waals surface area contributed by atoms with Gasteiger partial charge in [0, 0.05) is 46.5 Å². The molecule has 0 fully saturated rings. The number of rotatable bonds is 5. The maximum absolute atomic E-state index is 14.8. The second-order valence-corrected chi connectivity index (χ2v) is 5.95. The van der Waals surface area contributed by atoms with Crippen molar-refractivity contribution < 1.29 is 4.39 Å². The zero-order valence-corrected chi connectivity index (χ0v) is 15.2. The molecule has 0 atom stereocenters. The van der Waals surface area contributed by atoms with Crippen LogP contribution in [0.15, 0.2) is 79.5 Å². The molecule has 0 aliphatic heterocycles. The van der Waals surface area contributed by atoms with Crippen LogP contribution in [0.1, 0.15) is 0 Å². The number of nitrogens with two attached hydrogens (primary N) is 2. The van der Waals surface area contributed by atoms with E-state index in [4.69, 9.17) is 11.5 Å². The molecule has 0 aliphatic carbocycles. The highest BCUT2D eigenvalue weighted by atomic mass is 19.1.